The maximum atomic E-state index is 11.8. The number of benzene rings is 1. The number of ether oxygens (including phenoxy) is 1. The van der Waals surface area contributed by atoms with Crippen molar-refractivity contribution in [2.45, 2.75) is 25.9 Å². The van der Waals surface area contributed by atoms with E-state index in [1.807, 2.05) is 6.92 Å². The first kappa shape index (κ1) is 16.4. The molecule has 0 bridgehead atoms. The Morgan fingerprint density at radius 2 is 1.95 bits per heavy atom. The topological polar surface area (TPSA) is 58.6 Å². The van der Waals surface area contributed by atoms with Crippen molar-refractivity contribution in [3.05, 3.63) is 35.4 Å². The van der Waals surface area contributed by atoms with Crippen molar-refractivity contribution in [1.82, 2.24) is 9.03 Å². The molecule has 1 saturated heterocycles. The molecule has 2 rings (SSSR count). The average molecular weight is 312 g/mol. The fourth-order valence-corrected chi connectivity index (χ4v) is 3.20. The number of rotatable bonds is 5. The Labute approximate surface area is 127 Å². The van der Waals surface area contributed by atoms with E-state index in [0.717, 1.165) is 25.0 Å². The third-order valence-electron chi connectivity index (χ3n) is 3.86. The highest BCUT2D eigenvalue weighted by Crippen LogP contribution is 2.33. The lowest BCUT2D eigenvalue weighted by Crippen LogP contribution is -2.40. The van der Waals surface area contributed by atoms with Crippen LogP contribution in [0, 0.1) is 12.8 Å². The molecule has 5 nitrogen and oxygen atoms in total. The Bertz CT molecular complexity index is 555. The van der Waals surface area contributed by atoms with Crippen LogP contribution in [0.4, 0.5) is 0 Å². The zero-order valence-electron chi connectivity index (χ0n) is 12.9. The van der Waals surface area contributed by atoms with Crippen LogP contribution in [0.1, 0.15) is 30.1 Å². The van der Waals surface area contributed by atoms with Crippen molar-refractivity contribution >= 4 is 10.2 Å². The van der Waals surface area contributed by atoms with Crippen molar-refractivity contribution in [3.63, 3.8) is 0 Å². The minimum absolute atomic E-state index is 0.0378. The van der Waals surface area contributed by atoms with Gasteiger partial charge in [-0.3, -0.25) is 0 Å². The van der Waals surface area contributed by atoms with Gasteiger partial charge in [-0.25, -0.2) is 4.72 Å². The molecule has 1 fully saturated rings. The van der Waals surface area contributed by atoms with Crippen LogP contribution in [0.2, 0.25) is 0 Å². The molecular weight excluding hydrogens is 288 g/mol. The van der Waals surface area contributed by atoms with E-state index in [0.29, 0.717) is 6.54 Å². The first-order valence-electron chi connectivity index (χ1n) is 7.25. The third-order valence-corrected chi connectivity index (χ3v) is 5.35. The van der Waals surface area contributed by atoms with Gasteiger partial charge in [0.2, 0.25) is 0 Å². The molecule has 1 aromatic rings. The second-order valence-electron chi connectivity index (χ2n) is 5.74. The number of hydrogen-bond donors (Lipinski definition) is 1. The fourth-order valence-electron chi connectivity index (χ4n) is 2.52. The summed E-state index contributed by atoms with van der Waals surface area (Å²) in [6, 6.07) is 8.26. The van der Waals surface area contributed by atoms with Gasteiger partial charge in [0, 0.05) is 33.2 Å². The normalized spacial score (nSPS) is 23.4. The lowest BCUT2D eigenvalue weighted by Gasteiger charge is -2.32. The minimum Gasteiger partial charge on any atom is -0.373 e. The number of aryl methyl sites for hydroxylation is 1. The summed E-state index contributed by atoms with van der Waals surface area (Å²) in [6.07, 6.45) is 1.90. The van der Waals surface area contributed by atoms with Crippen LogP contribution >= 0.6 is 0 Å². The maximum Gasteiger partial charge on any atom is 0.278 e. The zero-order chi connectivity index (χ0) is 15.5. The summed E-state index contributed by atoms with van der Waals surface area (Å²) in [5.74, 6) is 0.163. The maximum absolute atomic E-state index is 11.8. The van der Waals surface area contributed by atoms with Gasteiger partial charge in [0.25, 0.3) is 10.2 Å². The van der Waals surface area contributed by atoms with Gasteiger partial charge in [0.05, 0.1) is 6.10 Å². The van der Waals surface area contributed by atoms with E-state index in [9.17, 15) is 8.42 Å². The van der Waals surface area contributed by atoms with Crippen LogP contribution in [0.25, 0.3) is 0 Å². The van der Waals surface area contributed by atoms with Crippen LogP contribution in [0.5, 0.6) is 0 Å². The molecule has 2 unspecified atom stereocenters. The van der Waals surface area contributed by atoms with Crippen molar-refractivity contribution in [2.24, 2.45) is 5.92 Å². The van der Waals surface area contributed by atoms with Crippen LogP contribution in [-0.2, 0) is 14.9 Å². The Morgan fingerprint density at radius 3 is 2.57 bits per heavy atom. The van der Waals surface area contributed by atoms with Gasteiger partial charge in [-0.15, -0.1) is 0 Å². The van der Waals surface area contributed by atoms with E-state index in [4.69, 9.17) is 4.74 Å². The second kappa shape index (κ2) is 6.87. The summed E-state index contributed by atoms with van der Waals surface area (Å²) >= 11 is 0. The molecule has 1 aliphatic rings. The quantitative estimate of drug-likeness (QED) is 0.903. The van der Waals surface area contributed by atoms with Gasteiger partial charge in [0.1, 0.15) is 0 Å². The van der Waals surface area contributed by atoms with Crippen LogP contribution in [0.15, 0.2) is 24.3 Å². The van der Waals surface area contributed by atoms with E-state index in [-0.39, 0.29) is 12.0 Å². The molecule has 118 valence electrons. The predicted octanol–water partition coefficient (Wildman–Crippen LogP) is 1.86. The number of nitrogens with zero attached hydrogens (tertiary/aromatic N) is 1. The van der Waals surface area contributed by atoms with Crippen molar-refractivity contribution in [1.29, 1.82) is 0 Å². The molecule has 1 N–H and O–H groups in total. The van der Waals surface area contributed by atoms with E-state index in [2.05, 4.69) is 29.0 Å². The minimum atomic E-state index is -3.38. The monoisotopic (exact) mass is 312 g/mol. The predicted molar refractivity (Wildman–Crippen MR) is 83.2 cm³/mol. The van der Waals surface area contributed by atoms with E-state index >= 15 is 0 Å². The molecule has 6 heteroatoms. The Morgan fingerprint density at radius 1 is 1.29 bits per heavy atom. The zero-order valence-corrected chi connectivity index (χ0v) is 13.7. The summed E-state index contributed by atoms with van der Waals surface area (Å²) in [4.78, 5) is 0. The van der Waals surface area contributed by atoms with Crippen molar-refractivity contribution in [3.8, 4) is 0 Å². The standard InChI is InChI=1S/C15H24N2O3S/c1-12-6-8-13(9-7-12)15-14(5-4-10-20-15)11-16-21(18,19)17(2)3/h6-9,14-16H,4-5,10-11H2,1-3H3. The molecule has 0 saturated carbocycles. The van der Waals surface area contributed by atoms with Crippen LogP contribution in [0.3, 0.4) is 0 Å². The second-order valence-corrected chi connectivity index (χ2v) is 7.71. The lowest BCUT2D eigenvalue weighted by molar-refractivity contribution is -0.0263. The van der Waals surface area contributed by atoms with E-state index in [1.165, 1.54) is 24.0 Å². The summed E-state index contributed by atoms with van der Waals surface area (Å²) in [5, 5.41) is 0. The highest BCUT2D eigenvalue weighted by Gasteiger charge is 2.28. The molecule has 0 radical (unpaired) electrons. The molecule has 0 aliphatic carbocycles. The Balaban J connectivity index is 2.07. The molecule has 21 heavy (non-hydrogen) atoms. The fraction of sp³-hybridized carbons (Fsp3) is 0.600. The molecule has 2 atom stereocenters. The van der Waals surface area contributed by atoms with E-state index in [1.54, 1.807) is 0 Å². The Kier molecular flexibility index (Phi) is 5.37. The van der Waals surface area contributed by atoms with Crippen LogP contribution < -0.4 is 4.72 Å². The first-order chi connectivity index (χ1) is 9.90. The smallest absolute Gasteiger partial charge is 0.278 e. The number of hydrogen-bond acceptors (Lipinski definition) is 3. The van der Waals surface area contributed by atoms with Gasteiger partial charge in [-0.05, 0) is 25.3 Å². The van der Waals surface area contributed by atoms with Gasteiger partial charge in [-0.1, -0.05) is 29.8 Å². The Hall–Kier alpha value is -0.950. The van der Waals surface area contributed by atoms with E-state index < -0.39 is 10.2 Å². The van der Waals surface area contributed by atoms with Gasteiger partial charge in [0.15, 0.2) is 0 Å². The molecule has 1 aliphatic heterocycles. The molecular formula is C15H24N2O3S. The third kappa shape index (κ3) is 4.26. The van der Waals surface area contributed by atoms with Gasteiger partial charge < -0.3 is 4.74 Å². The van der Waals surface area contributed by atoms with Gasteiger partial charge in [-0.2, -0.15) is 12.7 Å². The summed E-state index contributed by atoms with van der Waals surface area (Å²) in [7, 11) is -0.332. The van der Waals surface area contributed by atoms with Gasteiger partial charge >= 0.3 is 0 Å². The largest absolute Gasteiger partial charge is 0.373 e. The van der Waals surface area contributed by atoms with Crippen LogP contribution in [-0.4, -0.2) is 40.0 Å². The summed E-state index contributed by atoms with van der Waals surface area (Å²) in [6.45, 7) is 3.18. The van der Waals surface area contributed by atoms with Crippen molar-refractivity contribution in [2.75, 3.05) is 27.2 Å². The molecule has 0 amide bonds. The molecule has 0 aromatic heterocycles. The first-order valence-corrected chi connectivity index (χ1v) is 8.69. The summed E-state index contributed by atoms with van der Waals surface area (Å²) in [5.41, 5.74) is 2.33. The number of nitrogens with one attached hydrogen (secondary N) is 1. The highest BCUT2D eigenvalue weighted by molar-refractivity contribution is 7.87. The SMILES string of the molecule is Cc1ccc(C2OCCCC2CNS(=O)(=O)N(C)C)cc1. The summed E-state index contributed by atoms with van der Waals surface area (Å²) < 4.78 is 33.4. The molecule has 1 heterocycles. The highest BCUT2D eigenvalue weighted by atomic mass is 32.2. The average Bonchev–Trinajstić information content (AvgIpc) is 2.46. The molecule has 1 aromatic carbocycles. The van der Waals surface area contributed by atoms with Crippen molar-refractivity contribution < 1.29 is 13.2 Å². The lowest BCUT2D eigenvalue weighted by atomic mass is 9.89. The molecule has 0 spiro atoms.